The van der Waals surface area contributed by atoms with Gasteiger partial charge in [0.05, 0.1) is 31.1 Å². The van der Waals surface area contributed by atoms with Crippen molar-refractivity contribution in [1.29, 1.82) is 0 Å². The molecule has 0 saturated carbocycles. The van der Waals surface area contributed by atoms with Gasteiger partial charge in [0.15, 0.2) is 0 Å². The molecule has 1 aliphatic heterocycles. The van der Waals surface area contributed by atoms with Crippen LogP contribution in [0.15, 0.2) is 36.9 Å². The van der Waals surface area contributed by atoms with Gasteiger partial charge < -0.3 is 9.14 Å². The minimum absolute atomic E-state index is 0.178. The highest BCUT2D eigenvalue weighted by molar-refractivity contribution is 5.47. The second-order valence-corrected chi connectivity index (χ2v) is 6.62. The quantitative estimate of drug-likeness (QED) is 0.736. The van der Waals surface area contributed by atoms with Crippen molar-refractivity contribution >= 4 is 5.65 Å². The summed E-state index contributed by atoms with van der Waals surface area (Å²) in [6, 6.07) is 4.16. The predicted molar refractivity (Wildman–Crippen MR) is 91.9 cm³/mol. The van der Waals surface area contributed by atoms with Crippen LogP contribution in [0, 0.1) is 13.8 Å². The van der Waals surface area contributed by atoms with Crippen molar-refractivity contribution in [2.75, 3.05) is 19.7 Å². The molecule has 1 atom stereocenters. The summed E-state index contributed by atoms with van der Waals surface area (Å²) in [5.41, 5.74) is 4.55. The summed E-state index contributed by atoms with van der Waals surface area (Å²) >= 11 is 0. The van der Waals surface area contributed by atoms with Crippen LogP contribution >= 0.6 is 0 Å². The van der Waals surface area contributed by atoms with Crippen molar-refractivity contribution in [2.24, 2.45) is 0 Å². The smallest absolute Gasteiger partial charge is 0.139 e. The van der Waals surface area contributed by atoms with Crippen molar-refractivity contribution in [3.05, 3.63) is 53.7 Å². The van der Waals surface area contributed by atoms with Crippen molar-refractivity contribution in [2.45, 2.75) is 33.0 Å². The molecule has 0 aliphatic carbocycles. The zero-order chi connectivity index (χ0) is 16.5. The summed E-state index contributed by atoms with van der Waals surface area (Å²) < 4.78 is 9.99. The molecule has 3 aromatic rings. The Balaban J connectivity index is 1.42. The van der Waals surface area contributed by atoms with Crippen molar-refractivity contribution < 1.29 is 4.74 Å². The molecule has 1 saturated heterocycles. The molecule has 1 fully saturated rings. The lowest BCUT2D eigenvalue weighted by Gasteiger charge is -2.32. The molecular weight excluding hydrogens is 302 g/mol. The highest BCUT2D eigenvalue weighted by atomic mass is 16.5. The molecule has 4 rings (SSSR count). The molecule has 126 valence electrons. The van der Waals surface area contributed by atoms with E-state index in [-0.39, 0.29) is 6.10 Å². The molecule has 4 heterocycles. The van der Waals surface area contributed by atoms with E-state index in [9.17, 15) is 0 Å². The third-order valence-corrected chi connectivity index (χ3v) is 4.49. The van der Waals surface area contributed by atoms with Gasteiger partial charge in [-0.3, -0.25) is 9.58 Å². The third-order valence-electron chi connectivity index (χ3n) is 4.49. The minimum atomic E-state index is 0.178. The Bertz CT molecular complexity index is 837. The second-order valence-electron chi connectivity index (χ2n) is 6.62. The molecule has 6 nitrogen and oxygen atoms in total. The van der Waals surface area contributed by atoms with E-state index in [1.807, 2.05) is 10.9 Å². The molecule has 24 heavy (non-hydrogen) atoms. The number of imidazole rings is 1. The number of hydrogen-bond donors (Lipinski definition) is 0. The molecule has 0 bridgehead atoms. The van der Waals surface area contributed by atoms with Crippen LogP contribution in [-0.2, 0) is 17.8 Å². The molecule has 1 aliphatic rings. The fourth-order valence-corrected chi connectivity index (χ4v) is 3.32. The molecule has 0 aromatic carbocycles. The maximum atomic E-state index is 5.91. The normalized spacial score (nSPS) is 19.2. The lowest BCUT2D eigenvalue weighted by Crippen LogP contribution is -2.43. The van der Waals surface area contributed by atoms with Gasteiger partial charge in [-0.25, -0.2) is 4.98 Å². The Kier molecular flexibility index (Phi) is 4.08. The first-order chi connectivity index (χ1) is 11.7. The third kappa shape index (κ3) is 3.20. The lowest BCUT2D eigenvalue weighted by molar-refractivity contribution is -0.0405. The fraction of sp³-hybridized carbons (Fsp3) is 0.444. The van der Waals surface area contributed by atoms with Crippen LogP contribution in [-0.4, -0.2) is 49.9 Å². The highest BCUT2D eigenvalue weighted by Gasteiger charge is 2.22. The molecular formula is C18H23N5O. The van der Waals surface area contributed by atoms with E-state index in [4.69, 9.17) is 9.72 Å². The molecule has 0 unspecified atom stereocenters. The maximum Gasteiger partial charge on any atom is 0.139 e. The van der Waals surface area contributed by atoms with Crippen LogP contribution in [0.25, 0.3) is 5.65 Å². The Morgan fingerprint density at radius 2 is 2.21 bits per heavy atom. The Hall–Kier alpha value is -2.18. The van der Waals surface area contributed by atoms with Gasteiger partial charge in [-0.15, -0.1) is 0 Å². The molecule has 6 heteroatoms. The molecule has 0 radical (unpaired) electrons. The standard InChI is InChI=1S/C18H23N5O/c1-14-8-19-23(9-14)13-17-12-21(6-7-24-17)10-16-11-22-5-3-4-15(2)18(22)20-16/h3-5,8-9,11,17H,6-7,10,12-13H2,1-2H3/t17-/m1/s1. The molecule has 0 amide bonds. The summed E-state index contributed by atoms with van der Waals surface area (Å²) in [6.07, 6.45) is 8.31. The van der Waals surface area contributed by atoms with Crippen molar-refractivity contribution in [3.8, 4) is 0 Å². The van der Waals surface area contributed by atoms with E-state index in [1.54, 1.807) is 0 Å². The number of nitrogens with zero attached hydrogens (tertiary/aromatic N) is 5. The van der Waals surface area contributed by atoms with Gasteiger partial charge in [-0.1, -0.05) is 6.07 Å². The van der Waals surface area contributed by atoms with Gasteiger partial charge in [0.1, 0.15) is 5.65 Å². The number of aryl methyl sites for hydroxylation is 2. The van der Waals surface area contributed by atoms with E-state index >= 15 is 0 Å². The van der Waals surface area contributed by atoms with E-state index < -0.39 is 0 Å². The van der Waals surface area contributed by atoms with E-state index in [1.165, 1.54) is 11.1 Å². The SMILES string of the molecule is Cc1cnn(C[C@H]2CN(Cc3cn4cccc(C)c4n3)CCO2)c1. The molecule has 0 N–H and O–H groups in total. The van der Waals surface area contributed by atoms with Gasteiger partial charge in [0.2, 0.25) is 0 Å². The number of ether oxygens (including phenoxy) is 1. The van der Waals surface area contributed by atoms with Gasteiger partial charge in [-0.2, -0.15) is 5.10 Å². The minimum Gasteiger partial charge on any atom is -0.374 e. The van der Waals surface area contributed by atoms with Crippen LogP contribution in [0.3, 0.4) is 0 Å². The summed E-state index contributed by atoms with van der Waals surface area (Å²) in [4.78, 5) is 7.20. The van der Waals surface area contributed by atoms with Crippen LogP contribution in [0.1, 0.15) is 16.8 Å². The largest absolute Gasteiger partial charge is 0.374 e. The van der Waals surface area contributed by atoms with E-state index in [0.717, 1.165) is 44.1 Å². The fourth-order valence-electron chi connectivity index (χ4n) is 3.32. The number of pyridine rings is 1. The van der Waals surface area contributed by atoms with Gasteiger partial charge in [-0.05, 0) is 31.0 Å². The average molecular weight is 325 g/mol. The van der Waals surface area contributed by atoms with Crippen molar-refractivity contribution in [3.63, 3.8) is 0 Å². The van der Waals surface area contributed by atoms with Crippen molar-refractivity contribution in [1.82, 2.24) is 24.1 Å². The highest BCUT2D eigenvalue weighted by Crippen LogP contribution is 2.14. The zero-order valence-corrected chi connectivity index (χ0v) is 14.2. The average Bonchev–Trinajstić information content (AvgIpc) is 3.14. The summed E-state index contributed by atoms with van der Waals surface area (Å²) in [7, 11) is 0. The summed E-state index contributed by atoms with van der Waals surface area (Å²) in [5.74, 6) is 0. The Morgan fingerprint density at radius 1 is 1.29 bits per heavy atom. The number of morpholine rings is 1. The van der Waals surface area contributed by atoms with Gasteiger partial charge in [0.25, 0.3) is 0 Å². The van der Waals surface area contributed by atoms with Gasteiger partial charge >= 0.3 is 0 Å². The first-order valence-electron chi connectivity index (χ1n) is 8.43. The molecule has 0 spiro atoms. The second kappa shape index (κ2) is 6.37. The first kappa shape index (κ1) is 15.4. The van der Waals surface area contributed by atoms with Crippen LogP contribution in [0.5, 0.6) is 0 Å². The topological polar surface area (TPSA) is 47.6 Å². The summed E-state index contributed by atoms with van der Waals surface area (Å²) in [6.45, 7) is 8.43. The van der Waals surface area contributed by atoms with Gasteiger partial charge in [0, 0.05) is 38.2 Å². The van der Waals surface area contributed by atoms with Crippen LogP contribution in [0.4, 0.5) is 0 Å². The maximum absolute atomic E-state index is 5.91. The zero-order valence-electron chi connectivity index (χ0n) is 14.2. The Morgan fingerprint density at radius 3 is 3.00 bits per heavy atom. The number of rotatable bonds is 4. The van der Waals surface area contributed by atoms with Crippen LogP contribution in [0.2, 0.25) is 0 Å². The van der Waals surface area contributed by atoms with E-state index in [0.29, 0.717) is 0 Å². The molecule has 3 aromatic heterocycles. The number of aromatic nitrogens is 4. The number of hydrogen-bond acceptors (Lipinski definition) is 4. The Labute approximate surface area is 141 Å². The first-order valence-corrected chi connectivity index (χ1v) is 8.43. The lowest BCUT2D eigenvalue weighted by atomic mass is 10.2. The predicted octanol–water partition coefficient (Wildman–Crippen LogP) is 2.05. The van der Waals surface area contributed by atoms with E-state index in [2.05, 4.69) is 59.0 Å². The number of fused-ring (bicyclic) bond motifs is 1. The summed E-state index contributed by atoms with van der Waals surface area (Å²) in [5, 5.41) is 4.36. The monoisotopic (exact) mass is 325 g/mol. The van der Waals surface area contributed by atoms with Crippen LogP contribution < -0.4 is 0 Å².